The van der Waals surface area contributed by atoms with Gasteiger partial charge in [0.15, 0.2) is 0 Å². The maximum absolute atomic E-state index is 11.5. The van der Waals surface area contributed by atoms with Crippen LogP contribution in [0.1, 0.15) is 24.0 Å². The zero-order valence-electron chi connectivity index (χ0n) is 9.56. The Labute approximate surface area is 94.8 Å². The topological polar surface area (TPSA) is 65.2 Å². The third-order valence-corrected chi connectivity index (χ3v) is 3.40. The Bertz CT molecular complexity index is 413. The van der Waals surface area contributed by atoms with Crippen molar-refractivity contribution in [3.63, 3.8) is 0 Å². The Morgan fingerprint density at radius 2 is 2.31 bits per heavy atom. The number of nitrogens with two attached hydrogens (primary N) is 1. The minimum Gasteiger partial charge on any atom is -0.468 e. The summed E-state index contributed by atoms with van der Waals surface area (Å²) in [5.74, 6) is -0.339. The van der Waals surface area contributed by atoms with Crippen LogP contribution in [0.4, 0.5) is 0 Å². The lowest BCUT2D eigenvalue weighted by Crippen LogP contribution is -2.43. The molecule has 86 valence electrons. The largest absolute Gasteiger partial charge is 0.468 e. The molecule has 0 radical (unpaired) electrons. The Hall–Kier alpha value is -1.42. The second kappa shape index (κ2) is 3.87. The smallest absolute Gasteiger partial charge is 0.323 e. The van der Waals surface area contributed by atoms with Gasteiger partial charge >= 0.3 is 5.97 Å². The first-order valence-corrected chi connectivity index (χ1v) is 5.36. The summed E-state index contributed by atoms with van der Waals surface area (Å²) < 4.78 is 4.72. The van der Waals surface area contributed by atoms with E-state index in [1.807, 2.05) is 13.0 Å². The van der Waals surface area contributed by atoms with E-state index in [0.717, 1.165) is 24.0 Å². The van der Waals surface area contributed by atoms with Crippen LogP contribution in [0.25, 0.3) is 0 Å². The lowest BCUT2D eigenvalue weighted by Gasteiger charge is -2.23. The maximum atomic E-state index is 11.5. The molecular formula is C12H16N2O2. The SMILES string of the molecule is COC(=O)C(N)C1(c2ccncc2C)CC1. The summed E-state index contributed by atoms with van der Waals surface area (Å²) in [6, 6.07) is 1.38. The van der Waals surface area contributed by atoms with Crippen molar-refractivity contribution in [3.05, 3.63) is 29.6 Å². The van der Waals surface area contributed by atoms with E-state index in [9.17, 15) is 4.79 Å². The zero-order chi connectivity index (χ0) is 11.8. The number of rotatable bonds is 3. The van der Waals surface area contributed by atoms with Gasteiger partial charge in [0.25, 0.3) is 0 Å². The van der Waals surface area contributed by atoms with Crippen molar-refractivity contribution in [1.29, 1.82) is 0 Å². The summed E-state index contributed by atoms with van der Waals surface area (Å²) in [7, 11) is 1.37. The highest BCUT2D eigenvalue weighted by molar-refractivity contribution is 5.79. The number of aromatic nitrogens is 1. The quantitative estimate of drug-likeness (QED) is 0.769. The van der Waals surface area contributed by atoms with Crippen LogP contribution in [0.2, 0.25) is 0 Å². The molecule has 1 unspecified atom stereocenters. The highest BCUT2D eigenvalue weighted by Crippen LogP contribution is 2.51. The predicted octanol–water partition coefficient (Wildman–Crippen LogP) is 0.922. The number of carbonyl (C=O) groups excluding carboxylic acids is 1. The lowest BCUT2D eigenvalue weighted by molar-refractivity contribution is -0.143. The summed E-state index contributed by atoms with van der Waals surface area (Å²) >= 11 is 0. The van der Waals surface area contributed by atoms with Crippen LogP contribution < -0.4 is 5.73 Å². The van der Waals surface area contributed by atoms with Crippen molar-refractivity contribution < 1.29 is 9.53 Å². The zero-order valence-corrected chi connectivity index (χ0v) is 9.56. The van der Waals surface area contributed by atoms with Crippen molar-refractivity contribution in [2.45, 2.75) is 31.2 Å². The number of nitrogens with zero attached hydrogens (tertiary/aromatic N) is 1. The molecular weight excluding hydrogens is 204 g/mol. The first kappa shape index (κ1) is 11.1. The van der Waals surface area contributed by atoms with Gasteiger partial charge in [-0.05, 0) is 37.0 Å². The summed E-state index contributed by atoms with van der Waals surface area (Å²) in [4.78, 5) is 15.6. The number of methoxy groups -OCH3 is 1. The molecule has 0 saturated heterocycles. The fraction of sp³-hybridized carbons (Fsp3) is 0.500. The third-order valence-electron chi connectivity index (χ3n) is 3.40. The van der Waals surface area contributed by atoms with E-state index in [1.165, 1.54) is 7.11 Å². The average Bonchev–Trinajstić information content (AvgIpc) is 3.09. The summed E-state index contributed by atoms with van der Waals surface area (Å²) in [6.07, 6.45) is 5.42. The van der Waals surface area contributed by atoms with Gasteiger partial charge in [-0.3, -0.25) is 9.78 Å². The molecule has 1 aliphatic carbocycles. The number of aryl methyl sites for hydroxylation is 1. The predicted molar refractivity (Wildman–Crippen MR) is 59.9 cm³/mol. The van der Waals surface area contributed by atoms with E-state index in [4.69, 9.17) is 10.5 Å². The number of esters is 1. The Morgan fingerprint density at radius 3 is 2.81 bits per heavy atom. The minimum absolute atomic E-state index is 0.222. The maximum Gasteiger partial charge on any atom is 0.323 e. The van der Waals surface area contributed by atoms with Crippen molar-refractivity contribution in [3.8, 4) is 0 Å². The molecule has 1 saturated carbocycles. The molecule has 0 amide bonds. The van der Waals surface area contributed by atoms with Crippen molar-refractivity contribution in [1.82, 2.24) is 4.98 Å². The second-order valence-corrected chi connectivity index (χ2v) is 4.35. The molecule has 16 heavy (non-hydrogen) atoms. The van der Waals surface area contributed by atoms with Gasteiger partial charge in [-0.15, -0.1) is 0 Å². The van der Waals surface area contributed by atoms with E-state index >= 15 is 0 Å². The number of pyridine rings is 1. The van der Waals surface area contributed by atoms with E-state index < -0.39 is 6.04 Å². The average molecular weight is 220 g/mol. The van der Waals surface area contributed by atoms with Gasteiger partial charge in [-0.2, -0.15) is 0 Å². The van der Waals surface area contributed by atoms with Crippen molar-refractivity contribution in [2.24, 2.45) is 5.73 Å². The highest BCUT2D eigenvalue weighted by Gasteiger charge is 2.53. The molecule has 0 aliphatic heterocycles. The molecule has 1 aromatic heterocycles. The molecule has 1 aliphatic rings. The summed E-state index contributed by atoms with van der Waals surface area (Å²) in [6.45, 7) is 1.99. The molecule has 2 rings (SSSR count). The van der Waals surface area contributed by atoms with Gasteiger partial charge in [-0.25, -0.2) is 0 Å². The number of hydrogen-bond donors (Lipinski definition) is 1. The number of ether oxygens (including phenoxy) is 1. The fourth-order valence-corrected chi connectivity index (χ4v) is 2.27. The molecule has 1 heterocycles. The van der Waals surface area contributed by atoms with Crippen LogP contribution >= 0.6 is 0 Å². The first-order chi connectivity index (χ1) is 7.62. The third kappa shape index (κ3) is 1.59. The number of carbonyl (C=O) groups is 1. The second-order valence-electron chi connectivity index (χ2n) is 4.35. The van der Waals surface area contributed by atoms with Gasteiger partial charge in [-0.1, -0.05) is 0 Å². The summed E-state index contributed by atoms with van der Waals surface area (Å²) in [5, 5.41) is 0. The van der Waals surface area contributed by atoms with Gasteiger partial charge in [0, 0.05) is 17.8 Å². The van der Waals surface area contributed by atoms with Crippen molar-refractivity contribution in [2.75, 3.05) is 7.11 Å². The van der Waals surface area contributed by atoms with Crippen molar-refractivity contribution >= 4 is 5.97 Å². The Kier molecular flexibility index (Phi) is 2.68. The minimum atomic E-state index is -0.571. The van der Waals surface area contributed by atoms with E-state index in [2.05, 4.69) is 4.98 Å². The highest BCUT2D eigenvalue weighted by atomic mass is 16.5. The molecule has 2 N–H and O–H groups in total. The van der Waals surface area contributed by atoms with Crippen LogP contribution in [0.15, 0.2) is 18.5 Å². The van der Waals surface area contributed by atoms with Gasteiger partial charge in [0.05, 0.1) is 7.11 Å². The van der Waals surface area contributed by atoms with Gasteiger partial charge in [0.1, 0.15) is 6.04 Å². The lowest BCUT2D eigenvalue weighted by atomic mass is 9.86. The molecule has 0 aromatic carbocycles. The van der Waals surface area contributed by atoms with Crippen LogP contribution in [0.3, 0.4) is 0 Å². The molecule has 0 bridgehead atoms. The summed E-state index contributed by atoms with van der Waals surface area (Å²) in [5.41, 5.74) is 7.96. The van der Waals surface area contributed by atoms with E-state index in [-0.39, 0.29) is 11.4 Å². The van der Waals surface area contributed by atoms with Crippen LogP contribution in [0.5, 0.6) is 0 Å². The fourth-order valence-electron chi connectivity index (χ4n) is 2.27. The Morgan fingerprint density at radius 1 is 1.62 bits per heavy atom. The van der Waals surface area contributed by atoms with Gasteiger partial charge in [0.2, 0.25) is 0 Å². The van der Waals surface area contributed by atoms with E-state index in [1.54, 1.807) is 12.4 Å². The van der Waals surface area contributed by atoms with Crippen LogP contribution in [0, 0.1) is 6.92 Å². The van der Waals surface area contributed by atoms with Crippen LogP contribution in [-0.2, 0) is 14.9 Å². The van der Waals surface area contributed by atoms with E-state index in [0.29, 0.717) is 0 Å². The van der Waals surface area contributed by atoms with Crippen LogP contribution in [-0.4, -0.2) is 24.1 Å². The molecule has 4 nitrogen and oxygen atoms in total. The molecule has 1 aromatic rings. The molecule has 1 atom stereocenters. The Balaban J connectivity index is 2.33. The van der Waals surface area contributed by atoms with Gasteiger partial charge < -0.3 is 10.5 Å². The first-order valence-electron chi connectivity index (χ1n) is 5.36. The molecule has 4 heteroatoms. The molecule has 0 spiro atoms. The monoisotopic (exact) mass is 220 g/mol. The molecule has 1 fully saturated rings. The standard InChI is InChI=1S/C12H16N2O2/c1-8-7-14-6-3-9(8)12(4-5-12)10(13)11(15)16-2/h3,6-7,10H,4-5,13H2,1-2H3. The number of hydrogen-bond acceptors (Lipinski definition) is 4. The normalized spacial score (nSPS) is 18.9.